The Hall–Kier alpha value is -1.54. The van der Waals surface area contributed by atoms with E-state index in [4.69, 9.17) is 24.0 Å². The Labute approximate surface area is 169 Å². The maximum atomic E-state index is 13.1. The Bertz CT molecular complexity index is 814. The van der Waals surface area contributed by atoms with Gasteiger partial charge < -0.3 is 14.2 Å². The summed E-state index contributed by atoms with van der Waals surface area (Å²) in [5.74, 6) is -1.03. The molecule has 0 radical (unpaired) electrons. The van der Waals surface area contributed by atoms with Gasteiger partial charge in [-0.2, -0.15) is 0 Å². The van der Waals surface area contributed by atoms with Crippen molar-refractivity contribution in [2.24, 2.45) is 17.8 Å². The third kappa shape index (κ3) is 2.86. The second-order valence-electron chi connectivity index (χ2n) is 9.37. The molecule has 4 saturated heterocycles. The highest BCUT2D eigenvalue weighted by molar-refractivity contribution is 5.89. The Kier molecular flexibility index (Phi) is 4.34. The van der Waals surface area contributed by atoms with Crippen LogP contribution in [0.2, 0.25) is 0 Å². The molecule has 1 aliphatic carbocycles. The average molecular weight is 406 g/mol. The van der Waals surface area contributed by atoms with Crippen LogP contribution in [-0.4, -0.2) is 35.9 Å². The van der Waals surface area contributed by atoms with Gasteiger partial charge in [-0.05, 0) is 69.2 Å². The van der Waals surface area contributed by atoms with Crippen LogP contribution in [0.25, 0.3) is 0 Å². The summed E-state index contributed by atoms with van der Waals surface area (Å²) in [5.41, 5.74) is -1.14. The van der Waals surface area contributed by atoms with E-state index in [0.717, 1.165) is 25.7 Å². The number of rotatable bonds is 3. The molecule has 4 heterocycles. The van der Waals surface area contributed by atoms with Crippen LogP contribution in [0.15, 0.2) is 24.3 Å². The van der Waals surface area contributed by atoms with Gasteiger partial charge in [0.2, 0.25) is 5.79 Å². The summed E-state index contributed by atoms with van der Waals surface area (Å²) in [6.45, 7) is 6.15. The van der Waals surface area contributed by atoms with Crippen LogP contribution >= 0.6 is 0 Å². The van der Waals surface area contributed by atoms with Gasteiger partial charge in [0.15, 0.2) is 11.9 Å². The van der Waals surface area contributed by atoms with Crippen LogP contribution in [0.1, 0.15) is 56.8 Å². The second kappa shape index (κ2) is 6.48. The van der Waals surface area contributed by atoms with E-state index in [1.54, 1.807) is 0 Å². The molecule has 2 bridgehead atoms. The molecule has 6 nitrogen and oxygen atoms in total. The maximum absolute atomic E-state index is 13.1. The number of carbonyl (C=O) groups is 1. The molecule has 5 aliphatic rings. The number of fused-ring (bicyclic) bond motifs is 2. The molecular weight excluding hydrogens is 379 g/mol. The van der Waals surface area contributed by atoms with Crippen LogP contribution in [0.4, 0.5) is 4.39 Å². The van der Waals surface area contributed by atoms with Crippen molar-refractivity contribution in [2.75, 3.05) is 6.61 Å². The Morgan fingerprint density at radius 3 is 2.66 bits per heavy atom. The van der Waals surface area contributed by atoms with Crippen molar-refractivity contribution in [3.05, 3.63) is 35.6 Å². The molecule has 1 aromatic rings. The van der Waals surface area contributed by atoms with E-state index in [1.807, 2.05) is 13.8 Å². The first kappa shape index (κ1) is 19.4. The van der Waals surface area contributed by atoms with Gasteiger partial charge in [0.25, 0.3) is 0 Å². The molecule has 7 atom stereocenters. The quantitative estimate of drug-likeness (QED) is 0.559. The van der Waals surface area contributed by atoms with Crippen molar-refractivity contribution in [1.82, 2.24) is 0 Å². The predicted molar refractivity (Wildman–Crippen MR) is 99.0 cm³/mol. The molecule has 0 amide bonds. The summed E-state index contributed by atoms with van der Waals surface area (Å²) in [4.78, 5) is 24.3. The van der Waals surface area contributed by atoms with Gasteiger partial charge in [-0.1, -0.05) is 6.92 Å². The van der Waals surface area contributed by atoms with E-state index in [2.05, 4.69) is 6.92 Å². The number of benzene rings is 1. The Balaban J connectivity index is 1.40. The van der Waals surface area contributed by atoms with Gasteiger partial charge in [0.05, 0.1) is 5.56 Å². The minimum absolute atomic E-state index is 0.0233. The van der Waals surface area contributed by atoms with E-state index in [-0.39, 0.29) is 18.4 Å². The highest BCUT2D eigenvalue weighted by Gasteiger charge is 2.74. The lowest BCUT2D eigenvalue weighted by molar-refractivity contribution is -0.541. The number of hydrogen-bond acceptors (Lipinski definition) is 6. The summed E-state index contributed by atoms with van der Waals surface area (Å²) in [7, 11) is 0. The molecular formula is C22H27FO6. The van der Waals surface area contributed by atoms with Crippen LogP contribution in [0, 0.1) is 23.6 Å². The SMILES string of the molecule is C[C@@H]1CC[C@H]2C(C)(COC(=O)c3ccc(F)cc3)O[C@@H]3O[C@@]4(C)CC[C@@H]1[C@]32OO4. The van der Waals surface area contributed by atoms with Gasteiger partial charge >= 0.3 is 5.97 Å². The van der Waals surface area contributed by atoms with Crippen molar-refractivity contribution in [2.45, 2.75) is 69.7 Å². The van der Waals surface area contributed by atoms with Crippen molar-refractivity contribution >= 4 is 5.97 Å². The van der Waals surface area contributed by atoms with E-state index < -0.39 is 35.1 Å². The fourth-order valence-corrected chi connectivity index (χ4v) is 5.82. The average Bonchev–Trinajstić information content (AvgIpc) is 2.78. The molecule has 0 N–H and O–H groups in total. The number of carbonyl (C=O) groups excluding carboxylic acids is 1. The number of esters is 1. The molecule has 1 unspecified atom stereocenters. The van der Waals surface area contributed by atoms with E-state index in [1.165, 1.54) is 24.3 Å². The molecule has 7 heteroatoms. The number of hydrogen-bond donors (Lipinski definition) is 0. The minimum Gasteiger partial charge on any atom is -0.459 e. The van der Waals surface area contributed by atoms with Crippen molar-refractivity contribution in [3.8, 4) is 0 Å². The first-order valence-corrected chi connectivity index (χ1v) is 10.4. The standard InChI is InChI=1S/C22H27FO6/c1-13-4-9-17-20(2,12-25-18(24)14-5-7-15(23)8-6-14)26-19-22(17)16(13)10-11-21(3,27-19)28-29-22/h5-8,13,16-17,19H,4,9-12H2,1-3H3/t13-,16+,17+,19-,20?,21-,22-/m1/s1. The topological polar surface area (TPSA) is 63.2 Å². The summed E-state index contributed by atoms with van der Waals surface area (Å²) in [6, 6.07) is 5.32. The second-order valence-corrected chi connectivity index (χ2v) is 9.37. The minimum atomic E-state index is -0.826. The highest BCUT2D eigenvalue weighted by atomic mass is 19.1. The van der Waals surface area contributed by atoms with Gasteiger partial charge in [0.1, 0.15) is 18.0 Å². The molecule has 5 fully saturated rings. The lowest BCUT2D eigenvalue weighted by Gasteiger charge is -2.50. The van der Waals surface area contributed by atoms with E-state index in [9.17, 15) is 9.18 Å². The van der Waals surface area contributed by atoms with Gasteiger partial charge in [-0.25, -0.2) is 19.0 Å². The van der Waals surface area contributed by atoms with Crippen LogP contribution < -0.4 is 0 Å². The maximum Gasteiger partial charge on any atom is 0.338 e. The summed E-state index contributed by atoms with van der Waals surface area (Å²) < 4.78 is 31.4. The van der Waals surface area contributed by atoms with Crippen LogP contribution in [0.5, 0.6) is 0 Å². The monoisotopic (exact) mass is 406 g/mol. The van der Waals surface area contributed by atoms with Crippen molar-refractivity contribution < 1.29 is 33.2 Å². The zero-order valence-corrected chi connectivity index (χ0v) is 17.0. The molecule has 1 saturated carbocycles. The van der Waals surface area contributed by atoms with Crippen molar-refractivity contribution in [3.63, 3.8) is 0 Å². The largest absolute Gasteiger partial charge is 0.459 e. The van der Waals surface area contributed by atoms with Gasteiger partial charge in [-0.3, -0.25) is 0 Å². The lowest BCUT2D eigenvalue weighted by Crippen LogP contribution is -2.62. The third-order valence-electron chi connectivity index (χ3n) is 7.40. The number of halogens is 1. The zero-order valence-electron chi connectivity index (χ0n) is 17.0. The van der Waals surface area contributed by atoms with E-state index in [0.29, 0.717) is 11.5 Å². The van der Waals surface area contributed by atoms with Crippen molar-refractivity contribution in [1.29, 1.82) is 0 Å². The molecule has 1 spiro atoms. The fraction of sp³-hybridized carbons (Fsp3) is 0.682. The fourth-order valence-electron chi connectivity index (χ4n) is 5.82. The Morgan fingerprint density at radius 1 is 1.14 bits per heavy atom. The summed E-state index contributed by atoms with van der Waals surface area (Å²) in [6.07, 6.45) is 3.07. The highest BCUT2D eigenvalue weighted by Crippen LogP contribution is 2.63. The molecule has 4 aliphatic heterocycles. The first-order valence-electron chi connectivity index (χ1n) is 10.4. The van der Waals surface area contributed by atoms with Crippen LogP contribution in [-0.2, 0) is 24.0 Å². The number of ether oxygens (including phenoxy) is 3. The van der Waals surface area contributed by atoms with Crippen LogP contribution in [0.3, 0.4) is 0 Å². The third-order valence-corrected chi connectivity index (χ3v) is 7.40. The zero-order chi connectivity index (χ0) is 20.4. The first-order chi connectivity index (χ1) is 13.8. The molecule has 158 valence electrons. The normalized spacial score (nSPS) is 45.5. The Morgan fingerprint density at radius 2 is 1.90 bits per heavy atom. The lowest BCUT2D eigenvalue weighted by atomic mass is 9.60. The molecule has 29 heavy (non-hydrogen) atoms. The summed E-state index contributed by atoms with van der Waals surface area (Å²) >= 11 is 0. The molecule has 1 aromatic carbocycles. The van der Waals surface area contributed by atoms with Gasteiger partial charge in [-0.15, -0.1) is 0 Å². The smallest absolute Gasteiger partial charge is 0.338 e. The summed E-state index contributed by atoms with van der Waals surface area (Å²) in [5, 5.41) is 0. The van der Waals surface area contributed by atoms with E-state index >= 15 is 0 Å². The molecule has 6 rings (SSSR count). The van der Waals surface area contributed by atoms with Gasteiger partial charge in [0, 0.05) is 12.3 Å². The molecule has 0 aromatic heterocycles. The predicted octanol–water partition coefficient (Wildman–Crippen LogP) is 3.99.